The average Bonchev–Trinajstić information content (AvgIpc) is 2.74. The quantitative estimate of drug-likeness (QED) is 0.783. The number of benzene rings is 2. The Bertz CT molecular complexity index is 778. The summed E-state index contributed by atoms with van der Waals surface area (Å²) in [5, 5.41) is 3.41. The smallest absolute Gasteiger partial charge is 0.254 e. The minimum atomic E-state index is 0.0852. The summed E-state index contributed by atoms with van der Waals surface area (Å²) in [4.78, 5) is 15.3. The molecule has 1 aliphatic heterocycles. The first kappa shape index (κ1) is 20.2. The van der Waals surface area contributed by atoms with E-state index in [0.717, 1.165) is 38.2 Å². The summed E-state index contributed by atoms with van der Waals surface area (Å²) in [5.41, 5.74) is 3.06. The lowest BCUT2D eigenvalue weighted by Gasteiger charge is -2.30. The summed E-state index contributed by atoms with van der Waals surface area (Å²) in [6.07, 6.45) is 4.40. The molecule has 0 aromatic heterocycles. The number of ether oxygens (including phenoxy) is 1. The van der Waals surface area contributed by atoms with Gasteiger partial charge in [0.15, 0.2) is 0 Å². The topological polar surface area (TPSA) is 41.6 Å². The zero-order valence-electron chi connectivity index (χ0n) is 16.9. The fourth-order valence-corrected chi connectivity index (χ4v) is 3.69. The Labute approximate surface area is 168 Å². The highest BCUT2D eigenvalue weighted by molar-refractivity contribution is 5.94. The van der Waals surface area contributed by atoms with Gasteiger partial charge in [-0.3, -0.25) is 4.79 Å². The number of nitrogens with zero attached hydrogens (tertiary/aromatic N) is 1. The molecule has 0 radical (unpaired) electrons. The molecule has 1 fully saturated rings. The first-order valence-corrected chi connectivity index (χ1v) is 10.0. The lowest BCUT2D eigenvalue weighted by Crippen LogP contribution is -2.40. The number of rotatable bonds is 7. The van der Waals surface area contributed by atoms with Gasteiger partial charge in [-0.05, 0) is 68.6 Å². The van der Waals surface area contributed by atoms with E-state index in [1.165, 1.54) is 11.1 Å². The molecule has 0 atom stereocenters. The second-order valence-corrected chi connectivity index (χ2v) is 7.51. The van der Waals surface area contributed by atoms with Crippen molar-refractivity contribution in [1.82, 2.24) is 10.2 Å². The first-order chi connectivity index (χ1) is 13.7. The highest BCUT2D eigenvalue weighted by Gasteiger charge is 2.22. The van der Waals surface area contributed by atoms with Crippen LogP contribution in [-0.2, 0) is 0 Å². The van der Waals surface area contributed by atoms with Crippen molar-refractivity contribution < 1.29 is 9.53 Å². The van der Waals surface area contributed by atoms with E-state index in [0.29, 0.717) is 18.0 Å². The highest BCUT2D eigenvalue weighted by Crippen LogP contribution is 2.19. The summed E-state index contributed by atoms with van der Waals surface area (Å²) < 4.78 is 5.22. The molecule has 0 bridgehead atoms. The normalized spacial score (nSPS) is 15.3. The molecule has 3 rings (SSSR count). The van der Waals surface area contributed by atoms with Crippen LogP contribution in [0.25, 0.3) is 6.08 Å². The standard InChI is InChI=1S/C24H30N2O2/c1-19(16-20-6-4-3-5-7-20)17-26(18-21-12-14-25-15-13-21)24(27)22-8-10-23(28-2)11-9-22/h3-11,16,21,25H,12-15,17-18H2,1-2H3/b19-16-. The van der Waals surface area contributed by atoms with Gasteiger partial charge in [-0.1, -0.05) is 42.0 Å². The van der Waals surface area contributed by atoms with Gasteiger partial charge in [0.25, 0.3) is 5.91 Å². The van der Waals surface area contributed by atoms with E-state index in [1.54, 1.807) is 7.11 Å². The van der Waals surface area contributed by atoms with E-state index in [-0.39, 0.29) is 5.91 Å². The van der Waals surface area contributed by atoms with Crippen molar-refractivity contribution in [2.24, 2.45) is 5.92 Å². The lowest BCUT2D eigenvalue weighted by molar-refractivity contribution is 0.0733. The minimum Gasteiger partial charge on any atom is -0.497 e. The van der Waals surface area contributed by atoms with Crippen molar-refractivity contribution >= 4 is 12.0 Å². The van der Waals surface area contributed by atoms with E-state index in [9.17, 15) is 4.79 Å². The zero-order valence-corrected chi connectivity index (χ0v) is 16.9. The molecule has 0 unspecified atom stereocenters. The second-order valence-electron chi connectivity index (χ2n) is 7.51. The van der Waals surface area contributed by atoms with Crippen LogP contribution in [-0.4, -0.2) is 44.1 Å². The van der Waals surface area contributed by atoms with E-state index in [2.05, 4.69) is 30.4 Å². The third-order valence-corrected chi connectivity index (χ3v) is 5.21. The molecule has 0 spiro atoms. The molecule has 4 heteroatoms. The van der Waals surface area contributed by atoms with Crippen LogP contribution in [0.4, 0.5) is 0 Å². The highest BCUT2D eigenvalue weighted by atomic mass is 16.5. The van der Waals surface area contributed by atoms with E-state index < -0.39 is 0 Å². The maximum atomic E-state index is 13.2. The monoisotopic (exact) mass is 378 g/mol. The number of piperidine rings is 1. The number of amides is 1. The number of nitrogens with one attached hydrogen (secondary N) is 1. The Morgan fingerprint density at radius 1 is 1.11 bits per heavy atom. The predicted molar refractivity (Wildman–Crippen MR) is 115 cm³/mol. The van der Waals surface area contributed by atoms with Gasteiger partial charge in [-0.25, -0.2) is 0 Å². The molecule has 1 heterocycles. The Balaban J connectivity index is 1.76. The van der Waals surface area contributed by atoms with E-state index >= 15 is 0 Å². The van der Waals surface area contributed by atoms with Gasteiger partial charge >= 0.3 is 0 Å². The predicted octanol–water partition coefficient (Wildman–Crippen LogP) is 4.24. The fraction of sp³-hybridized carbons (Fsp3) is 0.375. The van der Waals surface area contributed by atoms with Crippen molar-refractivity contribution in [2.45, 2.75) is 19.8 Å². The summed E-state index contributed by atoms with van der Waals surface area (Å²) in [5.74, 6) is 1.40. The van der Waals surface area contributed by atoms with Gasteiger partial charge < -0.3 is 15.0 Å². The van der Waals surface area contributed by atoms with Crippen LogP contribution < -0.4 is 10.1 Å². The Kier molecular flexibility index (Phi) is 7.26. The molecule has 4 nitrogen and oxygen atoms in total. The Hall–Kier alpha value is -2.59. The fourth-order valence-electron chi connectivity index (χ4n) is 3.69. The molecule has 1 aliphatic rings. The molecule has 0 saturated carbocycles. The molecule has 148 valence electrons. The van der Waals surface area contributed by atoms with Gasteiger partial charge in [0.2, 0.25) is 0 Å². The number of carbonyl (C=O) groups is 1. The van der Waals surface area contributed by atoms with Crippen LogP contribution >= 0.6 is 0 Å². The van der Waals surface area contributed by atoms with Gasteiger partial charge in [-0.15, -0.1) is 0 Å². The lowest BCUT2D eigenvalue weighted by atomic mass is 9.97. The van der Waals surface area contributed by atoms with Crippen molar-refractivity contribution in [1.29, 1.82) is 0 Å². The number of carbonyl (C=O) groups excluding carboxylic acids is 1. The summed E-state index contributed by atoms with van der Waals surface area (Å²) in [6.45, 7) is 5.61. The molecule has 1 N–H and O–H groups in total. The van der Waals surface area contributed by atoms with Crippen molar-refractivity contribution in [3.63, 3.8) is 0 Å². The van der Waals surface area contributed by atoms with Crippen LogP contribution in [0, 0.1) is 5.92 Å². The molecule has 2 aromatic rings. The van der Waals surface area contributed by atoms with Crippen LogP contribution in [0.15, 0.2) is 60.2 Å². The van der Waals surface area contributed by atoms with E-state index in [4.69, 9.17) is 4.74 Å². The minimum absolute atomic E-state index is 0.0852. The van der Waals surface area contributed by atoms with Gasteiger partial charge in [-0.2, -0.15) is 0 Å². The third kappa shape index (κ3) is 5.70. The SMILES string of the molecule is COc1ccc(C(=O)N(C/C(C)=C\c2ccccc2)CC2CCNCC2)cc1. The summed E-state index contributed by atoms with van der Waals surface area (Å²) in [7, 11) is 1.64. The van der Waals surface area contributed by atoms with Crippen LogP contribution in [0.1, 0.15) is 35.7 Å². The van der Waals surface area contributed by atoms with Crippen LogP contribution in [0.5, 0.6) is 5.75 Å². The molecule has 2 aromatic carbocycles. The van der Waals surface area contributed by atoms with Crippen molar-refractivity contribution in [2.75, 3.05) is 33.3 Å². The molecule has 0 aliphatic carbocycles. The average molecular weight is 379 g/mol. The zero-order chi connectivity index (χ0) is 19.8. The molecule has 1 amide bonds. The number of hydrogen-bond acceptors (Lipinski definition) is 3. The maximum Gasteiger partial charge on any atom is 0.254 e. The maximum absolute atomic E-state index is 13.2. The number of methoxy groups -OCH3 is 1. The Morgan fingerprint density at radius 3 is 2.43 bits per heavy atom. The first-order valence-electron chi connectivity index (χ1n) is 10.0. The molecule has 28 heavy (non-hydrogen) atoms. The third-order valence-electron chi connectivity index (χ3n) is 5.21. The van der Waals surface area contributed by atoms with E-state index in [1.807, 2.05) is 47.4 Å². The second kappa shape index (κ2) is 10.1. The van der Waals surface area contributed by atoms with Gasteiger partial charge in [0.1, 0.15) is 5.75 Å². The summed E-state index contributed by atoms with van der Waals surface area (Å²) >= 11 is 0. The molecule has 1 saturated heterocycles. The largest absolute Gasteiger partial charge is 0.497 e. The molecular formula is C24H30N2O2. The summed E-state index contributed by atoms with van der Waals surface area (Å²) in [6, 6.07) is 17.7. The van der Waals surface area contributed by atoms with Gasteiger partial charge in [0.05, 0.1) is 7.11 Å². The molecular weight excluding hydrogens is 348 g/mol. The van der Waals surface area contributed by atoms with Crippen molar-refractivity contribution in [3.05, 3.63) is 71.3 Å². The Morgan fingerprint density at radius 2 is 1.79 bits per heavy atom. The van der Waals surface area contributed by atoms with Crippen LogP contribution in [0.3, 0.4) is 0 Å². The number of hydrogen-bond donors (Lipinski definition) is 1. The van der Waals surface area contributed by atoms with Gasteiger partial charge in [0, 0.05) is 18.7 Å². The van der Waals surface area contributed by atoms with Crippen LogP contribution in [0.2, 0.25) is 0 Å². The van der Waals surface area contributed by atoms with Crippen molar-refractivity contribution in [3.8, 4) is 5.75 Å².